The van der Waals surface area contributed by atoms with E-state index in [2.05, 4.69) is 11.0 Å². The number of terminal acetylenes is 1. The van der Waals surface area contributed by atoms with Crippen molar-refractivity contribution in [1.82, 2.24) is 14.2 Å². The molecule has 0 radical (unpaired) electrons. The maximum Gasteiger partial charge on any atom is 0.276 e. The van der Waals surface area contributed by atoms with Gasteiger partial charge in [-0.25, -0.2) is 4.52 Å². The molecule has 0 saturated carbocycles. The number of unbranched alkanes of at least 4 members (excludes halogenated alkanes) is 1. The van der Waals surface area contributed by atoms with Crippen LogP contribution in [0.2, 0.25) is 0 Å². The molecular weight excluding hydrogens is 202 g/mol. The minimum atomic E-state index is -0.0138. The van der Waals surface area contributed by atoms with Gasteiger partial charge in [-0.15, -0.1) is 12.3 Å². The van der Waals surface area contributed by atoms with E-state index in [1.807, 2.05) is 6.92 Å². The second-order valence-corrected chi connectivity index (χ2v) is 3.72. The van der Waals surface area contributed by atoms with Gasteiger partial charge in [0.1, 0.15) is 5.52 Å². The molecule has 2 heterocycles. The van der Waals surface area contributed by atoms with Crippen LogP contribution in [-0.2, 0) is 6.54 Å². The summed E-state index contributed by atoms with van der Waals surface area (Å²) in [4.78, 5) is 12.0. The highest BCUT2D eigenvalue weighted by Crippen LogP contribution is 2.00. The van der Waals surface area contributed by atoms with Crippen LogP contribution in [0.1, 0.15) is 18.5 Å². The van der Waals surface area contributed by atoms with E-state index in [1.54, 1.807) is 27.5 Å². The molecule has 0 aliphatic carbocycles. The molecule has 0 N–H and O–H groups in total. The van der Waals surface area contributed by atoms with Gasteiger partial charge in [-0.05, 0) is 19.4 Å². The van der Waals surface area contributed by atoms with Gasteiger partial charge in [0.15, 0.2) is 0 Å². The average Bonchev–Trinajstić information content (AvgIpc) is 2.64. The number of fused-ring (bicyclic) bond motifs is 1. The van der Waals surface area contributed by atoms with Crippen LogP contribution in [-0.4, -0.2) is 14.2 Å². The lowest BCUT2D eigenvalue weighted by molar-refractivity contribution is 0.628. The molecule has 0 amide bonds. The first-order chi connectivity index (χ1) is 7.72. The Bertz CT molecular complexity index is 601. The van der Waals surface area contributed by atoms with Crippen molar-refractivity contribution < 1.29 is 0 Å². The first-order valence-corrected chi connectivity index (χ1v) is 5.21. The molecule has 2 aromatic heterocycles. The molecule has 2 rings (SSSR count). The van der Waals surface area contributed by atoms with Crippen molar-refractivity contribution in [3.8, 4) is 12.3 Å². The lowest BCUT2D eigenvalue weighted by atomic mass is 10.3. The van der Waals surface area contributed by atoms with Crippen LogP contribution < -0.4 is 5.56 Å². The van der Waals surface area contributed by atoms with Gasteiger partial charge in [0.05, 0.1) is 5.69 Å². The Morgan fingerprint density at radius 2 is 2.31 bits per heavy atom. The Morgan fingerprint density at radius 1 is 1.50 bits per heavy atom. The zero-order chi connectivity index (χ0) is 11.5. The van der Waals surface area contributed by atoms with Crippen molar-refractivity contribution in [3.05, 3.63) is 34.5 Å². The molecule has 0 saturated heterocycles. The minimum absolute atomic E-state index is 0.0138. The lowest BCUT2D eigenvalue weighted by Crippen LogP contribution is -2.21. The molecule has 16 heavy (non-hydrogen) atoms. The summed E-state index contributed by atoms with van der Waals surface area (Å²) in [5.74, 6) is 2.57. The summed E-state index contributed by atoms with van der Waals surface area (Å²) >= 11 is 0. The average molecular weight is 215 g/mol. The fourth-order valence-electron chi connectivity index (χ4n) is 1.68. The largest absolute Gasteiger partial charge is 0.312 e. The predicted molar refractivity (Wildman–Crippen MR) is 62.3 cm³/mol. The van der Waals surface area contributed by atoms with Crippen LogP contribution >= 0.6 is 0 Å². The number of aryl methyl sites for hydroxylation is 2. The van der Waals surface area contributed by atoms with Crippen molar-refractivity contribution in [1.29, 1.82) is 0 Å². The number of nitrogens with zero attached hydrogens (tertiary/aromatic N) is 3. The van der Waals surface area contributed by atoms with E-state index in [0.717, 1.165) is 12.1 Å². The Hall–Kier alpha value is -2.02. The fourth-order valence-corrected chi connectivity index (χ4v) is 1.68. The topological polar surface area (TPSA) is 39.3 Å². The van der Waals surface area contributed by atoms with Crippen molar-refractivity contribution in [2.24, 2.45) is 0 Å². The second kappa shape index (κ2) is 4.23. The second-order valence-electron chi connectivity index (χ2n) is 3.72. The first kappa shape index (κ1) is 10.5. The van der Waals surface area contributed by atoms with E-state index >= 15 is 0 Å². The number of hydrogen-bond acceptors (Lipinski definition) is 2. The van der Waals surface area contributed by atoms with E-state index in [0.29, 0.717) is 18.5 Å². The van der Waals surface area contributed by atoms with Crippen molar-refractivity contribution in [2.45, 2.75) is 26.3 Å². The lowest BCUT2D eigenvalue weighted by Gasteiger charge is -2.03. The summed E-state index contributed by atoms with van der Waals surface area (Å²) in [6, 6.07) is 1.79. The number of aromatic nitrogens is 3. The third-order valence-corrected chi connectivity index (χ3v) is 2.45. The smallest absolute Gasteiger partial charge is 0.276 e. The van der Waals surface area contributed by atoms with Gasteiger partial charge in [-0.3, -0.25) is 4.79 Å². The van der Waals surface area contributed by atoms with Gasteiger partial charge in [0, 0.05) is 25.4 Å². The molecule has 0 bridgehead atoms. The van der Waals surface area contributed by atoms with Crippen molar-refractivity contribution >= 4 is 5.52 Å². The standard InChI is InChI=1S/C12H13N3O/c1-3-4-5-6-14-7-8-15-11(12(14)16)9-10(2)13-15/h1,7-9H,4-6H2,2H3. The van der Waals surface area contributed by atoms with Gasteiger partial charge < -0.3 is 4.57 Å². The van der Waals surface area contributed by atoms with Crippen LogP contribution in [0.15, 0.2) is 23.3 Å². The molecular formula is C12H13N3O. The predicted octanol–water partition coefficient (Wildman–Crippen LogP) is 1.22. The van der Waals surface area contributed by atoms with Crippen LogP contribution in [0, 0.1) is 19.3 Å². The zero-order valence-electron chi connectivity index (χ0n) is 9.18. The molecule has 82 valence electrons. The molecule has 0 spiro atoms. The van der Waals surface area contributed by atoms with Gasteiger partial charge in [-0.2, -0.15) is 5.10 Å². The van der Waals surface area contributed by atoms with Gasteiger partial charge in [0.25, 0.3) is 5.56 Å². The van der Waals surface area contributed by atoms with E-state index < -0.39 is 0 Å². The van der Waals surface area contributed by atoms with Crippen molar-refractivity contribution in [3.63, 3.8) is 0 Å². The molecule has 0 aliphatic heterocycles. The number of hydrogen-bond donors (Lipinski definition) is 0. The Labute approximate surface area is 93.5 Å². The highest BCUT2D eigenvalue weighted by atomic mass is 16.1. The molecule has 0 aliphatic rings. The summed E-state index contributed by atoms with van der Waals surface area (Å²) in [7, 11) is 0. The van der Waals surface area contributed by atoms with Crippen LogP contribution in [0.25, 0.3) is 5.52 Å². The third-order valence-electron chi connectivity index (χ3n) is 2.45. The zero-order valence-corrected chi connectivity index (χ0v) is 9.18. The van der Waals surface area contributed by atoms with Crippen LogP contribution in [0.5, 0.6) is 0 Å². The molecule has 0 aromatic carbocycles. The summed E-state index contributed by atoms with van der Waals surface area (Å²) in [6.45, 7) is 2.53. The molecule has 0 atom stereocenters. The fraction of sp³-hybridized carbons (Fsp3) is 0.333. The van der Waals surface area contributed by atoms with E-state index in [9.17, 15) is 4.79 Å². The van der Waals surface area contributed by atoms with Gasteiger partial charge >= 0.3 is 0 Å². The maximum atomic E-state index is 12.0. The Balaban J connectivity index is 2.37. The van der Waals surface area contributed by atoms with Crippen LogP contribution in [0.3, 0.4) is 0 Å². The molecule has 4 nitrogen and oxygen atoms in total. The number of rotatable bonds is 3. The molecule has 0 unspecified atom stereocenters. The highest BCUT2D eigenvalue weighted by Gasteiger charge is 2.04. The maximum absolute atomic E-state index is 12.0. The monoisotopic (exact) mass is 215 g/mol. The van der Waals surface area contributed by atoms with E-state index in [4.69, 9.17) is 6.42 Å². The summed E-state index contributed by atoms with van der Waals surface area (Å²) in [5, 5.41) is 4.18. The summed E-state index contributed by atoms with van der Waals surface area (Å²) in [5.41, 5.74) is 1.44. The van der Waals surface area contributed by atoms with Gasteiger partial charge in [-0.1, -0.05) is 0 Å². The third kappa shape index (κ3) is 1.84. The van der Waals surface area contributed by atoms with E-state index in [-0.39, 0.29) is 5.56 Å². The van der Waals surface area contributed by atoms with Gasteiger partial charge in [0.2, 0.25) is 0 Å². The van der Waals surface area contributed by atoms with Crippen molar-refractivity contribution in [2.75, 3.05) is 0 Å². The Morgan fingerprint density at radius 3 is 3.06 bits per heavy atom. The molecule has 2 aromatic rings. The van der Waals surface area contributed by atoms with Crippen LogP contribution in [0.4, 0.5) is 0 Å². The molecule has 4 heteroatoms. The molecule has 0 fully saturated rings. The highest BCUT2D eigenvalue weighted by molar-refractivity contribution is 5.44. The SMILES string of the molecule is C#CCCCn1ccn2nc(C)cc2c1=O. The summed E-state index contributed by atoms with van der Waals surface area (Å²) in [6.07, 6.45) is 10.2. The van der Waals surface area contributed by atoms with E-state index in [1.165, 1.54) is 0 Å². The Kier molecular flexibility index (Phi) is 2.78. The first-order valence-electron chi connectivity index (χ1n) is 5.21. The quantitative estimate of drug-likeness (QED) is 0.570. The normalized spacial score (nSPS) is 10.5. The minimum Gasteiger partial charge on any atom is -0.312 e. The summed E-state index contributed by atoms with van der Waals surface area (Å²) < 4.78 is 3.28.